The smallest absolute Gasteiger partial charge is 0.339 e. The van der Waals surface area contributed by atoms with E-state index in [-0.39, 0.29) is 6.10 Å². The van der Waals surface area contributed by atoms with Crippen molar-refractivity contribution in [2.45, 2.75) is 69.7 Å². The maximum atomic E-state index is 11.6. The van der Waals surface area contributed by atoms with Gasteiger partial charge in [0.15, 0.2) is 0 Å². The summed E-state index contributed by atoms with van der Waals surface area (Å²) < 4.78 is 22.4. The highest BCUT2D eigenvalue weighted by Crippen LogP contribution is 2.52. The number of aliphatic hydroxyl groups excluding tert-OH is 2. The Labute approximate surface area is 176 Å². The van der Waals surface area contributed by atoms with Crippen LogP contribution in [0.1, 0.15) is 39.0 Å². The van der Waals surface area contributed by atoms with Crippen LogP contribution in [0, 0.1) is 6.92 Å². The highest BCUT2D eigenvalue weighted by molar-refractivity contribution is 5.52. The molecular weight excluding hydrogens is 388 g/mol. The Morgan fingerprint density at radius 3 is 2.40 bits per heavy atom. The van der Waals surface area contributed by atoms with Crippen LogP contribution >= 0.6 is 0 Å². The van der Waals surface area contributed by atoms with Gasteiger partial charge in [-0.1, -0.05) is 30.4 Å². The van der Waals surface area contributed by atoms with E-state index in [9.17, 15) is 15.0 Å². The summed E-state index contributed by atoms with van der Waals surface area (Å²) >= 11 is 0. The molecule has 0 saturated carbocycles. The second kappa shape index (κ2) is 7.81. The van der Waals surface area contributed by atoms with Crippen LogP contribution in [0.3, 0.4) is 0 Å². The molecule has 30 heavy (non-hydrogen) atoms. The summed E-state index contributed by atoms with van der Waals surface area (Å²) in [5, 5.41) is 21.5. The van der Waals surface area contributed by atoms with Gasteiger partial charge in [-0.3, -0.25) is 0 Å². The van der Waals surface area contributed by atoms with E-state index in [1.165, 1.54) is 13.2 Å². The van der Waals surface area contributed by atoms with Crippen molar-refractivity contribution in [3.8, 4) is 5.75 Å². The van der Waals surface area contributed by atoms with Crippen LogP contribution in [0.25, 0.3) is 6.08 Å². The molecule has 3 rings (SSSR count). The SMILES string of the molecule is COc1cc(=O)oc(C=CC=CC=CC2(C)OC3(C)C(C)OC(C)(C2O)C3O)c1C. The summed E-state index contributed by atoms with van der Waals surface area (Å²) in [7, 11) is 1.50. The van der Waals surface area contributed by atoms with Crippen molar-refractivity contribution >= 4 is 6.08 Å². The number of hydrogen-bond donors (Lipinski definition) is 2. The molecule has 1 aromatic rings. The number of rotatable bonds is 5. The number of ether oxygens (including phenoxy) is 3. The molecule has 164 valence electrons. The zero-order chi connectivity index (χ0) is 22.3. The highest BCUT2D eigenvalue weighted by atomic mass is 16.6. The molecule has 2 bridgehead atoms. The van der Waals surface area contributed by atoms with Gasteiger partial charge < -0.3 is 28.8 Å². The third kappa shape index (κ3) is 3.56. The van der Waals surface area contributed by atoms with Crippen molar-refractivity contribution in [1.29, 1.82) is 0 Å². The number of fused-ring (bicyclic) bond motifs is 2. The number of methoxy groups -OCH3 is 1. The Bertz CT molecular complexity index is 945. The second-order valence-corrected chi connectivity index (χ2v) is 8.44. The normalized spacial score (nSPS) is 38.9. The molecule has 6 atom stereocenters. The third-order valence-electron chi connectivity index (χ3n) is 6.28. The van der Waals surface area contributed by atoms with Gasteiger partial charge in [-0.05, 0) is 40.7 Å². The second-order valence-electron chi connectivity index (χ2n) is 8.44. The number of allylic oxidation sites excluding steroid dienone is 4. The van der Waals surface area contributed by atoms with Gasteiger partial charge >= 0.3 is 5.63 Å². The molecule has 7 heteroatoms. The largest absolute Gasteiger partial charge is 0.496 e. The van der Waals surface area contributed by atoms with E-state index in [4.69, 9.17) is 18.6 Å². The summed E-state index contributed by atoms with van der Waals surface area (Å²) in [4.78, 5) is 11.6. The van der Waals surface area contributed by atoms with Gasteiger partial charge in [0.1, 0.15) is 40.5 Å². The lowest BCUT2D eigenvalue weighted by Gasteiger charge is -2.51. The van der Waals surface area contributed by atoms with Crippen molar-refractivity contribution in [2.24, 2.45) is 0 Å². The van der Waals surface area contributed by atoms with E-state index in [1.807, 2.05) is 6.92 Å². The summed E-state index contributed by atoms with van der Waals surface area (Å²) in [6.07, 6.45) is 8.11. The summed E-state index contributed by atoms with van der Waals surface area (Å²) in [6.45, 7) is 8.92. The minimum absolute atomic E-state index is 0.360. The predicted molar refractivity (Wildman–Crippen MR) is 112 cm³/mol. The van der Waals surface area contributed by atoms with Gasteiger partial charge in [-0.2, -0.15) is 0 Å². The molecule has 0 radical (unpaired) electrons. The van der Waals surface area contributed by atoms with E-state index < -0.39 is 34.6 Å². The molecule has 0 aliphatic carbocycles. The Kier molecular flexibility index (Phi) is 5.86. The first-order chi connectivity index (χ1) is 14.0. The van der Waals surface area contributed by atoms with Gasteiger partial charge in [0.05, 0.1) is 19.3 Å². The third-order valence-corrected chi connectivity index (χ3v) is 6.28. The Morgan fingerprint density at radius 2 is 1.73 bits per heavy atom. The van der Waals surface area contributed by atoms with Crippen LogP contribution in [0.5, 0.6) is 5.75 Å². The van der Waals surface area contributed by atoms with Gasteiger partial charge in [0.2, 0.25) is 0 Å². The van der Waals surface area contributed by atoms with E-state index in [2.05, 4.69) is 0 Å². The number of hydrogen-bond acceptors (Lipinski definition) is 7. The van der Waals surface area contributed by atoms with Gasteiger partial charge in [-0.25, -0.2) is 4.79 Å². The molecule has 2 aliphatic heterocycles. The lowest BCUT2D eigenvalue weighted by atomic mass is 9.73. The predicted octanol–water partition coefficient (Wildman–Crippen LogP) is 2.53. The van der Waals surface area contributed by atoms with Gasteiger partial charge in [0, 0.05) is 5.56 Å². The summed E-state index contributed by atoms with van der Waals surface area (Å²) in [5.41, 5.74) is -2.81. The Balaban J connectivity index is 1.74. The maximum absolute atomic E-state index is 11.6. The molecule has 7 nitrogen and oxygen atoms in total. The fourth-order valence-electron chi connectivity index (χ4n) is 4.37. The molecule has 0 spiro atoms. The topological polar surface area (TPSA) is 98.4 Å². The molecule has 2 aliphatic rings. The summed E-state index contributed by atoms with van der Waals surface area (Å²) in [6, 6.07) is 1.30. The van der Waals surface area contributed by atoms with E-state index in [0.29, 0.717) is 11.5 Å². The Hall–Kier alpha value is -2.19. The minimum Gasteiger partial charge on any atom is -0.496 e. The Morgan fingerprint density at radius 1 is 1.07 bits per heavy atom. The quantitative estimate of drug-likeness (QED) is 0.709. The van der Waals surface area contributed by atoms with Crippen LogP contribution < -0.4 is 10.4 Å². The van der Waals surface area contributed by atoms with Crippen molar-refractivity contribution in [3.05, 3.63) is 58.2 Å². The molecule has 2 saturated heterocycles. The van der Waals surface area contributed by atoms with Crippen LogP contribution in [0.4, 0.5) is 0 Å². The maximum Gasteiger partial charge on any atom is 0.339 e. The lowest BCUT2D eigenvalue weighted by Crippen LogP contribution is -2.69. The lowest BCUT2D eigenvalue weighted by molar-refractivity contribution is -0.261. The standard InChI is InChI=1S/C23H30O7/c1-14-16(28-18(24)13-17(14)27-6)11-9-7-8-10-12-21(3)19(25)23(5)20(26)22(4,30-21)15(2)29-23/h7-13,15,19-20,25-26H,1-6H3. The summed E-state index contributed by atoms with van der Waals surface area (Å²) in [5.74, 6) is 0.893. The van der Waals surface area contributed by atoms with Gasteiger partial charge in [0.25, 0.3) is 0 Å². The minimum atomic E-state index is -1.11. The molecule has 6 unspecified atom stereocenters. The molecule has 3 heterocycles. The monoisotopic (exact) mass is 418 g/mol. The highest BCUT2D eigenvalue weighted by Gasteiger charge is 2.70. The molecular formula is C23H30O7. The van der Waals surface area contributed by atoms with Crippen LogP contribution in [-0.4, -0.2) is 52.4 Å². The molecule has 2 N–H and O–H groups in total. The average molecular weight is 418 g/mol. The van der Waals surface area contributed by atoms with Crippen LogP contribution in [0.2, 0.25) is 0 Å². The van der Waals surface area contributed by atoms with Gasteiger partial charge in [-0.15, -0.1) is 0 Å². The fourth-order valence-corrected chi connectivity index (χ4v) is 4.37. The molecule has 2 fully saturated rings. The van der Waals surface area contributed by atoms with E-state index in [0.717, 1.165) is 5.56 Å². The van der Waals surface area contributed by atoms with Crippen LogP contribution in [-0.2, 0) is 9.47 Å². The molecule has 0 amide bonds. The van der Waals surface area contributed by atoms with E-state index >= 15 is 0 Å². The zero-order valence-electron chi connectivity index (χ0n) is 18.2. The van der Waals surface area contributed by atoms with Crippen molar-refractivity contribution in [3.63, 3.8) is 0 Å². The number of aliphatic hydroxyl groups is 2. The van der Waals surface area contributed by atoms with Crippen molar-refractivity contribution in [2.75, 3.05) is 7.11 Å². The zero-order valence-corrected chi connectivity index (χ0v) is 18.2. The van der Waals surface area contributed by atoms with Crippen molar-refractivity contribution < 1.29 is 28.8 Å². The first-order valence-electron chi connectivity index (χ1n) is 9.93. The van der Waals surface area contributed by atoms with Crippen molar-refractivity contribution in [1.82, 2.24) is 0 Å². The van der Waals surface area contributed by atoms with E-state index in [1.54, 1.807) is 64.2 Å². The first kappa shape index (κ1) is 22.5. The first-order valence-corrected chi connectivity index (χ1v) is 9.93. The molecule has 0 aromatic carbocycles. The van der Waals surface area contributed by atoms with Crippen LogP contribution in [0.15, 0.2) is 45.7 Å². The average Bonchev–Trinajstić information content (AvgIpc) is 2.82. The fraction of sp³-hybridized carbons (Fsp3) is 0.522. The molecule has 1 aromatic heterocycles.